The van der Waals surface area contributed by atoms with Gasteiger partial charge in [0.25, 0.3) is 0 Å². The van der Waals surface area contributed by atoms with Gasteiger partial charge in [0, 0.05) is 12.5 Å². The molecule has 0 fully saturated rings. The predicted molar refractivity (Wildman–Crippen MR) is 130 cm³/mol. The van der Waals surface area contributed by atoms with Crippen LogP contribution >= 0.6 is 0 Å². The van der Waals surface area contributed by atoms with Gasteiger partial charge in [0.15, 0.2) is 11.6 Å². The molecule has 1 aromatic heterocycles. The van der Waals surface area contributed by atoms with Gasteiger partial charge in [-0.3, -0.25) is 4.79 Å². The van der Waals surface area contributed by atoms with Crippen LogP contribution in [-0.2, 0) is 16.0 Å². The summed E-state index contributed by atoms with van der Waals surface area (Å²) in [5.74, 6) is 1.27. The van der Waals surface area contributed by atoms with Crippen LogP contribution in [0.1, 0.15) is 90.5 Å². The summed E-state index contributed by atoms with van der Waals surface area (Å²) in [6, 6.07) is 8.49. The smallest absolute Gasteiger partial charge is 0.302 e. The van der Waals surface area contributed by atoms with E-state index >= 15 is 0 Å². The Morgan fingerprint density at radius 3 is 2.25 bits per heavy atom. The monoisotopic (exact) mass is 440 g/mol. The van der Waals surface area contributed by atoms with E-state index in [-0.39, 0.29) is 12.1 Å². The Morgan fingerprint density at radius 2 is 1.56 bits per heavy atom. The molecule has 0 spiro atoms. The molecule has 0 amide bonds. The Kier molecular flexibility index (Phi) is 12.4. The average Bonchev–Trinajstić information content (AvgIpc) is 2.79. The molecule has 1 heterocycles. The minimum Gasteiger partial charge on any atom is -0.490 e. The van der Waals surface area contributed by atoms with Crippen LogP contribution in [0.15, 0.2) is 36.7 Å². The second-order valence-electron chi connectivity index (χ2n) is 8.57. The highest BCUT2D eigenvalue weighted by Crippen LogP contribution is 2.19. The highest BCUT2D eigenvalue weighted by Gasteiger charge is 2.06. The first kappa shape index (κ1) is 25.8. The van der Waals surface area contributed by atoms with Crippen LogP contribution in [0.3, 0.4) is 0 Å². The number of aryl methyl sites for hydroxylation is 1. The van der Waals surface area contributed by atoms with Crippen LogP contribution < -0.4 is 4.74 Å². The maximum absolute atomic E-state index is 10.9. The third kappa shape index (κ3) is 10.7. The number of hydrogen-bond acceptors (Lipinski definition) is 5. The van der Waals surface area contributed by atoms with Crippen LogP contribution in [0.5, 0.6) is 5.75 Å². The molecule has 2 rings (SSSR count). The zero-order valence-corrected chi connectivity index (χ0v) is 20.1. The number of esters is 1. The lowest BCUT2D eigenvalue weighted by Crippen LogP contribution is -2.11. The maximum atomic E-state index is 10.9. The molecule has 0 radical (unpaired) electrons. The third-order valence-electron chi connectivity index (χ3n) is 5.55. The normalized spacial score (nSPS) is 11.8. The quantitative estimate of drug-likeness (QED) is 0.209. The van der Waals surface area contributed by atoms with E-state index in [1.807, 2.05) is 6.92 Å². The van der Waals surface area contributed by atoms with E-state index < -0.39 is 0 Å². The van der Waals surface area contributed by atoms with Crippen molar-refractivity contribution in [2.24, 2.45) is 0 Å². The molecule has 0 aliphatic heterocycles. The lowest BCUT2D eigenvalue weighted by atomic mass is 10.0. The number of carbonyl (C=O) groups is 1. The largest absolute Gasteiger partial charge is 0.490 e. The fraction of sp³-hybridized carbons (Fsp3) is 0.593. The van der Waals surface area contributed by atoms with Crippen molar-refractivity contribution in [1.82, 2.24) is 9.97 Å². The van der Waals surface area contributed by atoms with Crippen molar-refractivity contribution >= 4 is 5.97 Å². The molecule has 1 atom stereocenters. The second-order valence-corrected chi connectivity index (χ2v) is 8.57. The Bertz CT molecular complexity index is 759. The van der Waals surface area contributed by atoms with E-state index in [4.69, 9.17) is 9.47 Å². The van der Waals surface area contributed by atoms with Gasteiger partial charge in [0.05, 0.1) is 25.1 Å². The van der Waals surface area contributed by atoms with Crippen molar-refractivity contribution in [2.45, 2.75) is 97.5 Å². The zero-order chi connectivity index (χ0) is 23.0. The topological polar surface area (TPSA) is 61.3 Å². The van der Waals surface area contributed by atoms with Crippen molar-refractivity contribution in [3.63, 3.8) is 0 Å². The molecule has 5 nitrogen and oxygen atoms in total. The molecular weight excluding hydrogens is 400 g/mol. The Morgan fingerprint density at radius 1 is 0.906 bits per heavy atom. The molecule has 1 aromatic carbocycles. The van der Waals surface area contributed by atoms with E-state index in [0.29, 0.717) is 0 Å². The highest BCUT2D eigenvalue weighted by atomic mass is 16.5. The first-order valence-corrected chi connectivity index (χ1v) is 12.3. The van der Waals surface area contributed by atoms with Crippen molar-refractivity contribution in [3.05, 3.63) is 42.2 Å². The van der Waals surface area contributed by atoms with Gasteiger partial charge >= 0.3 is 5.97 Å². The zero-order valence-electron chi connectivity index (χ0n) is 20.1. The first-order valence-electron chi connectivity index (χ1n) is 12.3. The van der Waals surface area contributed by atoms with E-state index in [1.54, 1.807) is 12.4 Å². The molecule has 0 saturated heterocycles. The number of aromatic nitrogens is 2. The summed E-state index contributed by atoms with van der Waals surface area (Å²) < 4.78 is 10.9. The molecular formula is C27H40N2O3. The third-order valence-corrected chi connectivity index (χ3v) is 5.55. The van der Waals surface area contributed by atoms with Gasteiger partial charge in [-0.2, -0.15) is 0 Å². The Balaban J connectivity index is 1.66. The minimum atomic E-state index is -0.197. The fourth-order valence-corrected chi connectivity index (χ4v) is 3.71. The molecule has 0 aliphatic carbocycles. The van der Waals surface area contributed by atoms with Crippen molar-refractivity contribution in [1.29, 1.82) is 0 Å². The van der Waals surface area contributed by atoms with Gasteiger partial charge in [0.1, 0.15) is 0 Å². The van der Waals surface area contributed by atoms with Crippen LogP contribution in [0.4, 0.5) is 0 Å². The Hall–Kier alpha value is -2.43. The molecule has 5 heteroatoms. The van der Waals surface area contributed by atoms with Gasteiger partial charge in [-0.1, -0.05) is 69.7 Å². The van der Waals surface area contributed by atoms with Gasteiger partial charge in [0.2, 0.25) is 0 Å². The number of rotatable bonds is 16. The summed E-state index contributed by atoms with van der Waals surface area (Å²) in [5, 5.41) is 0. The fourth-order valence-electron chi connectivity index (χ4n) is 3.71. The molecule has 1 unspecified atom stereocenters. The molecule has 0 bridgehead atoms. The molecule has 176 valence electrons. The van der Waals surface area contributed by atoms with Gasteiger partial charge in [-0.05, 0) is 44.6 Å². The Labute approximate surface area is 194 Å². The van der Waals surface area contributed by atoms with Crippen LogP contribution in [0.2, 0.25) is 0 Å². The summed E-state index contributed by atoms with van der Waals surface area (Å²) in [6.07, 6.45) is 16.4. The average molecular weight is 441 g/mol. The summed E-state index contributed by atoms with van der Waals surface area (Å²) in [7, 11) is 0. The molecule has 0 N–H and O–H groups in total. The van der Waals surface area contributed by atoms with Crippen molar-refractivity contribution in [3.8, 4) is 17.1 Å². The number of hydrogen-bond donors (Lipinski definition) is 0. The van der Waals surface area contributed by atoms with E-state index in [2.05, 4.69) is 41.2 Å². The molecule has 0 aliphatic rings. The summed E-state index contributed by atoms with van der Waals surface area (Å²) in [5.41, 5.74) is 2.34. The van der Waals surface area contributed by atoms with Gasteiger partial charge in [-0.25, -0.2) is 9.97 Å². The first-order chi connectivity index (χ1) is 15.6. The molecule has 0 saturated carbocycles. The van der Waals surface area contributed by atoms with E-state index in [9.17, 15) is 4.79 Å². The van der Waals surface area contributed by atoms with Crippen LogP contribution in [-0.4, -0.2) is 28.6 Å². The van der Waals surface area contributed by atoms with Gasteiger partial charge < -0.3 is 9.47 Å². The number of carbonyl (C=O) groups excluding carboxylic acids is 1. The van der Waals surface area contributed by atoms with E-state index in [1.165, 1.54) is 44.6 Å². The number of nitrogens with zero attached hydrogens (tertiary/aromatic N) is 2. The van der Waals surface area contributed by atoms with Crippen molar-refractivity contribution < 1.29 is 14.3 Å². The number of benzene rings is 1. The lowest BCUT2D eigenvalue weighted by Gasteiger charge is -2.11. The standard InChI is InChI=1S/C27H40N2O3/c1-4-5-6-7-8-12-19-31-26-20-28-27(29-21-26)25-17-15-24(16-18-25)14-11-9-10-13-22(2)32-23(3)30/h15-18,20-22H,4-14,19H2,1-3H3. The van der Waals surface area contributed by atoms with E-state index in [0.717, 1.165) is 62.3 Å². The van der Waals surface area contributed by atoms with Crippen LogP contribution in [0, 0.1) is 0 Å². The predicted octanol–water partition coefficient (Wildman–Crippen LogP) is 6.94. The molecule has 2 aromatic rings. The molecule has 32 heavy (non-hydrogen) atoms. The van der Waals surface area contributed by atoms with Crippen LogP contribution in [0.25, 0.3) is 11.4 Å². The lowest BCUT2D eigenvalue weighted by molar-refractivity contribution is -0.145. The highest BCUT2D eigenvalue weighted by molar-refractivity contribution is 5.66. The minimum absolute atomic E-state index is 0.0131. The second kappa shape index (κ2) is 15.4. The summed E-state index contributed by atoms with van der Waals surface area (Å²) >= 11 is 0. The SMILES string of the molecule is CCCCCCCCOc1cnc(-c2ccc(CCCCCC(C)OC(C)=O)cc2)nc1. The summed E-state index contributed by atoms with van der Waals surface area (Å²) in [6.45, 7) is 6.38. The van der Waals surface area contributed by atoms with Crippen molar-refractivity contribution in [2.75, 3.05) is 6.61 Å². The van der Waals surface area contributed by atoms with Gasteiger partial charge in [-0.15, -0.1) is 0 Å². The maximum Gasteiger partial charge on any atom is 0.302 e. The summed E-state index contributed by atoms with van der Waals surface area (Å²) in [4.78, 5) is 19.9. The number of ether oxygens (including phenoxy) is 2. The number of unbranched alkanes of at least 4 members (excludes halogenated alkanes) is 7.